The molecule has 0 bridgehead atoms. The lowest BCUT2D eigenvalue weighted by atomic mass is 10.2. The maximum atomic E-state index is 13.4. The molecule has 0 atom stereocenters. The van der Waals surface area contributed by atoms with E-state index in [-0.39, 0.29) is 12.4 Å². The molecule has 7 heteroatoms. The first-order valence-electron chi connectivity index (χ1n) is 7.91. The summed E-state index contributed by atoms with van der Waals surface area (Å²) in [5, 5.41) is 15.1. The Balaban J connectivity index is 1.91. The van der Waals surface area contributed by atoms with Gasteiger partial charge < -0.3 is 15.7 Å². The van der Waals surface area contributed by atoms with E-state index in [0.29, 0.717) is 36.1 Å². The van der Waals surface area contributed by atoms with Gasteiger partial charge in [0.25, 0.3) is 0 Å². The van der Waals surface area contributed by atoms with Crippen LogP contribution >= 0.6 is 0 Å². The lowest BCUT2D eigenvalue weighted by Gasteiger charge is -2.11. The summed E-state index contributed by atoms with van der Waals surface area (Å²) in [4.78, 5) is 13.0. The number of aromatic nitrogens is 3. The molecule has 0 saturated heterocycles. The van der Waals surface area contributed by atoms with E-state index >= 15 is 0 Å². The van der Waals surface area contributed by atoms with Gasteiger partial charge in [-0.25, -0.2) is 9.37 Å². The number of benzene rings is 1. The molecular formula is C18H18FN5O. The van der Waals surface area contributed by atoms with Gasteiger partial charge >= 0.3 is 0 Å². The fourth-order valence-corrected chi connectivity index (χ4v) is 2.25. The van der Waals surface area contributed by atoms with E-state index in [9.17, 15) is 4.39 Å². The Morgan fingerprint density at radius 2 is 2.00 bits per heavy atom. The average Bonchev–Trinajstić information content (AvgIpc) is 2.63. The van der Waals surface area contributed by atoms with Crippen LogP contribution in [0.4, 0.5) is 21.8 Å². The number of hydrogen-bond donors (Lipinski definition) is 3. The largest absolute Gasteiger partial charge is 0.396 e. The first-order chi connectivity index (χ1) is 12.2. The number of rotatable bonds is 7. The van der Waals surface area contributed by atoms with Crippen LogP contribution in [0.3, 0.4) is 0 Å². The summed E-state index contributed by atoms with van der Waals surface area (Å²) in [5.41, 5.74) is 2.13. The Morgan fingerprint density at radius 3 is 2.76 bits per heavy atom. The van der Waals surface area contributed by atoms with E-state index in [1.54, 1.807) is 30.6 Å². The molecule has 0 aliphatic rings. The van der Waals surface area contributed by atoms with Gasteiger partial charge in [-0.15, -0.1) is 0 Å². The Hall–Kier alpha value is -3.06. The zero-order valence-electron chi connectivity index (χ0n) is 13.5. The topological polar surface area (TPSA) is 83.0 Å². The van der Waals surface area contributed by atoms with Gasteiger partial charge in [0.2, 0.25) is 5.95 Å². The second-order valence-corrected chi connectivity index (χ2v) is 5.34. The molecule has 3 aromatic rings. The highest BCUT2D eigenvalue weighted by molar-refractivity contribution is 5.66. The van der Waals surface area contributed by atoms with Crippen molar-refractivity contribution in [2.75, 3.05) is 23.8 Å². The summed E-state index contributed by atoms with van der Waals surface area (Å²) in [7, 11) is 0. The summed E-state index contributed by atoms with van der Waals surface area (Å²) >= 11 is 0. The third-order valence-corrected chi connectivity index (χ3v) is 3.40. The number of aliphatic hydroxyl groups is 1. The number of anilines is 3. The molecule has 128 valence electrons. The molecule has 0 fully saturated rings. The Kier molecular flexibility index (Phi) is 5.48. The zero-order chi connectivity index (χ0) is 17.5. The number of nitrogens with one attached hydrogen (secondary N) is 2. The van der Waals surface area contributed by atoms with Gasteiger partial charge in [0, 0.05) is 42.9 Å². The molecule has 25 heavy (non-hydrogen) atoms. The van der Waals surface area contributed by atoms with Gasteiger partial charge in [-0.05, 0) is 36.8 Å². The van der Waals surface area contributed by atoms with Crippen molar-refractivity contribution in [1.82, 2.24) is 15.0 Å². The number of nitrogens with zero attached hydrogens (tertiary/aromatic N) is 3. The molecule has 3 rings (SSSR count). The second-order valence-electron chi connectivity index (χ2n) is 5.34. The monoisotopic (exact) mass is 339 g/mol. The van der Waals surface area contributed by atoms with Crippen LogP contribution < -0.4 is 10.6 Å². The van der Waals surface area contributed by atoms with Gasteiger partial charge in [0.1, 0.15) is 11.6 Å². The predicted octanol–water partition coefficient (Wildman–Crippen LogP) is 3.22. The highest BCUT2D eigenvalue weighted by Gasteiger charge is 2.08. The summed E-state index contributed by atoms with van der Waals surface area (Å²) < 4.78 is 13.4. The first kappa shape index (κ1) is 16.8. The number of pyridine rings is 1. The number of hydrogen-bond acceptors (Lipinski definition) is 6. The molecule has 0 aliphatic heterocycles. The zero-order valence-corrected chi connectivity index (χ0v) is 13.5. The molecule has 2 aromatic heterocycles. The number of aliphatic hydroxyl groups excluding tert-OH is 1. The van der Waals surface area contributed by atoms with E-state index in [1.807, 2.05) is 12.1 Å². The van der Waals surface area contributed by atoms with Crippen molar-refractivity contribution in [1.29, 1.82) is 0 Å². The van der Waals surface area contributed by atoms with E-state index < -0.39 is 0 Å². The molecule has 3 N–H and O–H groups in total. The van der Waals surface area contributed by atoms with Gasteiger partial charge in [0.05, 0.1) is 5.69 Å². The van der Waals surface area contributed by atoms with E-state index in [1.165, 1.54) is 12.1 Å². The lowest BCUT2D eigenvalue weighted by Crippen LogP contribution is -2.08. The van der Waals surface area contributed by atoms with Crippen molar-refractivity contribution >= 4 is 17.5 Å². The number of halogens is 1. The van der Waals surface area contributed by atoms with Crippen molar-refractivity contribution in [3.63, 3.8) is 0 Å². The van der Waals surface area contributed by atoms with Crippen LogP contribution in [-0.4, -0.2) is 33.2 Å². The second kappa shape index (κ2) is 8.16. The van der Waals surface area contributed by atoms with Crippen LogP contribution in [0, 0.1) is 5.82 Å². The Labute approximate surface area is 144 Å². The van der Waals surface area contributed by atoms with Crippen molar-refractivity contribution in [2.45, 2.75) is 6.42 Å². The third kappa shape index (κ3) is 4.71. The molecule has 0 aliphatic carbocycles. The van der Waals surface area contributed by atoms with Crippen molar-refractivity contribution in [3.05, 3.63) is 60.7 Å². The highest BCUT2D eigenvalue weighted by Crippen LogP contribution is 2.23. The minimum absolute atomic E-state index is 0.0870. The van der Waals surface area contributed by atoms with Gasteiger partial charge in [-0.1, -0.05) is 6.07 Å². The summed E-state index contributed by atoms with van der Waals surface area (Å²) in [6.45, 7) is 0.635. The standard InChI is InChI=1S/C18H18FN5O/c19-14-5-1-6-15(10-14)22-17-11-16(13-4-2-7-20-12-13)23-18(24-17)21-8-3-9-25/h1-2,4-7,10-12,25H,3,8-9H2,(H2,21,22,23,24). The highest BCUT2D eigenvalue weighted by atomic mass is 19.1. The van der Waals surface area contributed by atoms with Gasteiger partial charge in [0.15, 0.2) is 0 Å². The maximum absolute atomic E-state index is 13.4. The Morgan fingerprint density at radius 1 is 1.08 bits per heavy atom. The molecule has 6 nitrogen and oxygen atoms in total. The third-order valence-electron chi connectivity index (χ3n) is 3.40. The smallest absolute Gasteiger partial charge is 0.225 e. The van der Waals surface area contributed by atoms with E-state index in [0.717, 1.165) is 5.56 Å². The van der Waals surface area contributed by atoms with Crippen LogP contribution in [0.2, 0.25) is 0 Å². The molecule has 0 saturated carbocycles. The molecule has 0 amide bonds. The average molecular weight is 339 g/mol. The lowest BCUT2D eigenvalue weighted by molar-refractivity contribution is 0.292. The first-order valence-corrected chi connectivity index (χ1v) is 7.91. The molecule has 0 spiro atoms. The minimum Gasteiger partial charge on any atom is -0.396 e. The summed E-state index contributed by atoms with van der Waals surface area (Å²) in [6, 6.07) is 11.7. The SMILES string of the molecule is OCCCNc1nc(Nc2cccc(F)c2)cc(-c2cccnc2)n1. The van der Waals surface area contributed by atoms with Crippen molar-refractivity contribution in [2.24, 2.45) is 0 Å². The van der Waals surface area contributed by atoms with Crippen LogP contribution in [0.5, 0.6) is 0 Å². The fraction of sp³-hybridized carbons (Fsp3) is 0.167. The summed E-state index contributed by atoms with van der Waals surface area (Å²) in [6.07, 6.45) is 4.00. The van der Waals surface area contributed by atoms with E-state index in [2.05, 4.69) is 25.6 Å². The maximum Gasteiger partial charge on any atom is 0.225 e. The van der Waals surface area contributed by atoms with Crippen LogP contribution in [0.15, 0.2) is 54.9 Å². The molecular weight excluding hydrogens is 321 g/mol. The van der Waals surface area contributed by atoms with Crippen molar-refractivity contribution < 1.29 is 9.50 Å². The molecule has 0 radical (unpaired) electrons. The van der Waals surface area contributed by atoms with E-state index in [4.69, 9.17) is 5.11 Å². The fourth-order valence-electron chi connectivity index (χ4n) is 2.25. The van der Waals surface area contributed by atoms with Crippen LogP contribution in [-0.2, 0) is 0 Å². The van der Waals surface area contributed by atoms with Crippen molar-refractivity contribution in [3.8, 4) is 11.3 Å². The molecule has 2 heterocycles. The minimum atomic E-state index is -0.326. The van der Waals surface area contributed by atoms with Crippen LogP contribution in [0.25, 0.3) is 11.3 Å². The predicted molar refractivity (Wildman–Crippen MR) is 95.1 cm³/mol. The molecule has 1 aromatic carbocycles. The Bertz CT molecular complexity index is 829. The van der Waals surface area contributed by atoms with Gasteiger partial charge in [-0.2, -0.15) is 4.98 Å². The van der Waals surface area contributed by atoms with Crippen LogP contribution in [0.1, 0.15) is 6.42 Å². The quantitative estimate of drug-likeness (QED) is 0.573. The molecule has 0 unspecified atom stereocenters. The summed E-state index contributed by atoms with van der Waals surface area (Å²) in [5.74, 6) is 0.632. The normalized spacial score (nSPS) is 10.5. The van der Waals surface area contributed by atoms with Gasteiger partial charge in [-0.3, -0.25) is 4.98 Å².